The summed E-state index contributed by atoms with van der Waals surface area (Å²) in [6.45, 7) is 2.54. The molecule has 0 spiro atoms. The van der Waals surface area contributed by atoms with Crippen molar-refractivity contribution in [1.29, 1.82) is 0 Å². The second kappa shape index (κ2) is 6.86. The van der Waals surface area contributed by atoms with Gasteiger partial charge in [-0.2, -0.15) is 0 Å². The van der Waals surface area contributed by atoms with E-state index in [4.69, 9.17) is 5.73 Å². The van der Waals surface area contributed by atoms with Gasteiger partial charge in [0.05, 0.1) is 0 Å². The fourth-order valence-corrected chi connectivity index (χ4v) is 2.88. The average Bonchev–Trinajstić information content (AvgIpc) is 2.90. The van der Waals surface area contributed by atoms with Crippen LogP contribution < -0.4 is 5.73 Å². The summed E-state index contributed by atoms with van der Waals surface area (Å²) in [5.74, 6) is -0.0865. The smallest absolute Gasteiger partial charge is 0.126 e. The Labute approximate surface area is 109 Å². The fraction of sp³-hybridized carbons (Fsp3) is 0.600. The van der Waals surface area contributed by atoms with Gasteiger partial charge in [0.15, 0.2) is 0 Å². The third-order valence-electron chi connectivity index (χ3n) is 3.88. The zero-order valence-corrected chi connectivity index (χ0v) is 10.9. The summed E-state index contributed by atoms with van der Waals surface area (Å²) in [6, 6.07) is 7.73. The molecule has 1 aromatic rings. The minimum absolute atomic E-state index is 0.0865. The lowest BCUT2D eigenvalue weighted by Gasteiger charge is -2.28. The van der Waals surface area contributed by atoms with E-state index >= 15 is 0 Å². The summed E-state index contributed by atoms with van der Waals surface area (Å²) in [7, 11) is 0. The van der Waals surface area contributed by atoms with Crippen molar-refractivity contribution in [2.45, 2.75) is 38.1 Å². The van der Waals surface area contributed by atoms with Crippen LogP contribution in [0.25, 0.3) is 0 Å². The highest BCUT2D eigenvalue weighted by Crippen LogP contribution is 2.23. The molecule has 0 aromatic heterocycles. The van der Waals surface area contributed by atoms with E-state index in [1.165, 1.54) is 31.7 Å². The Morgan fingerprint density at radius 1 is 1.17 bits per heavy atom. The molecule has 2 N–H and O–H groups in total. The van der Waals surface area contributed by atoms with E-state index in [2.05, 4.69) is 4.90 Å². The molecule has 1 saturated carbocycles. The topological polar surface area (TPSA) is 29.3 Å². The molecule has 0 bridgehead atoms. The maximum Gasteiger partial charge on any atom is 0.126 e. The first-order chi connectivity index (χ1) is 8.81. The molecular formula is C15H23FN2. The van der Waals surface area contributed by atoms with Crippen LogP contribution in [0, 0.1) is 5.82 Å². The summed E-state index contributed by atoms with van der Waals surface area (Å²) >= 11 is 0. The fourth-order valence-electron chi connectivity index (χ4n) is 2.88. The Hall–Kier alpha value is -0.930. The van der Waals surface area contributed by atoms with Gasteiger partial charge in [-0.05, 0) is 30.9 Å². The number of rotatable bonds is 6. The highest BCUT2D eigenvalue weighted by Gasteiger charge is 2.21. The van der Waals surface area contributed by atoms with Crippen LogP contribution in [0.4, 0.5) is 4.39 Å². The van der Waals surface area contributed by atoms with E-state index in [-0.39, 0.29) is 5.82 Å². The number of benzene rings is 1. The van der Waals surface area contributed by atoms with E-state index < -0.39 is 0 Å². The van der Waals surface area contributed by atoms with Crippen LogP contribution in [-0.2, 0) is 6.42 Å². The van der Waals surface area contributed by atoms with Gasteiger partial charge in [0.25, 0.3) is 0 Å². The van der Waals surface area contributed by atoms with Crippen molar-refractivity contribution in [3.05, 3.63) is 35.6 Å². The Bertz CT molecular complexity index is 361. The molecule has 18 heavy (non-hydrogen) atoms. The number of hydrogen-bond acceptors (Lipinski definition) is 2. The van der Waals surface area contributed by atoms with Gasteiger partial charge in [-0.15, -0.1) is 0 Å². The molecule has 0 amide bonds. The van der Waals surface area contributed by atoms with Crippen LogP contribution in [0.5, 0.6) is 0 Å². The molecule has 1 aliphatic carbocycles. The van der Waals surface area contributed by atoms with Crippen molar-refractivity contribution in [3.8, 4) is 0 Å². The summed E-state index contributed by atoms with van der Waals surface area (Å²) < 4.78 is 13.6. The molecule has 0 heterocycles. The van der Waals surface area contributed by atoms with Crippen molar-refractivity contribution in [2.75, 3.05) is 19.6 Å². The van der Waals surface area contributed by atoms with E-state index in [1.807, 2.05) is 12.1 Å². The van der Waals surface area contributed by atoms with Crippen LogP contribution in [0.2, 0.25) is 0 Å². The first-order valence-corrected chi connectivity index (χ1v) is 6.99. The van der Waals surface area contributed by atoms with Crippen LogP contribution in [0.1, 0.15) is 31.2 Å². The molecule has 2 rings (SSSR count). The minimum atomic E-state index is -0.0865. The number of hydrogen-bond donors (Lipinski definition) is 1. The van der Waals surface area contributed by atoms with Gasteiger partial charge in [-0.1, -0.05) is 31.0 Å². The highest BCUT2D eigenvalue weighted by molar-refractivity contribution is 5.17. The third-order valence-corrected chi connectivity index (χ3v) is 3.88. The van der Waals surface area contributed by atoms with Gasteiger partial charge < -0.3 is 5.73 Å². The minimum Gasteiger partial charge on any atom is -0.329 e. The zero-order valence-electron chi connectivity index (χ0n) is 10.9. The molecule has 0 unspecified atom stereocenters. The lowest BCUT2D eigenvalue weighted by Crippen LogP contribution is -2.38. The van der Waals surface area contributed by atoms with E-state index in [0.29, 0.717) is 12.6 Å². The van der Waals surface area contributed by atoms with E-state index in [0.717, 1.165) is 25.1 Å². The molecule has 0 radical (unpaired) electrons. The molecule has 0 aliphatic heterocycles. The summed E-state index contributed by atoms with van der Waals surface area (Å²) in [5.41, 5.74) is 6.50. The second-order valence-electron chi connectivity index (χ2n) is 5.10. The van der Waals surface area contributed by atoms with Crippen LogP contribution in [0.3, 0.4) is 0 Å². The second-order valence-corrected chi connectivity index (χ2v) is 5.10. The van der Waals surface area contributed by atoms with E-state index in [9.17, 15) is 4.39 Å². The molecule has 100 valence electrons. The van der Waals surface area contributed by atoms with Gasteiger partial charge in [0.1, 0.15) is 5.82 Å². The van der Waals surface area contributed by atoms with Crippen molar-refractivity contribution in [2.24, 2.45) is 5.73 Å². The van der Waals surface area contributed by atoms with Gasteiger partial charge in [0.2, 0.25) is 0 Å². The maximum atomic E-state index is 13.6. The van der Waals surface area contributed by atoms with Gasteiger partial charge in [0, 0.05) is 25.7 Å². The van der Waals surface area contributed by atoms with Gasteiger partial charge in [-0.3, -0.25) is 4.90 Å². The molecule has 2 nitrogen and oxygen atoms in total. The molecule has 0 saturated heterocycles. The lowest BCUT2D eigenvalue weighted by atomic mass is 10.1. The molecule has 1 aliphatic rings. The summed E-state index contributed by atoms with van der Waals surface area (Å²) in [5, 5.41) is 0. The molecule has 0 atom stereocenters. The lowest BCUT2D eigenvalue weighted by molar-refractivity contribution is 0.206. The molecule has 1 aromatic carbocycles. The monoisotopic (exact) mass is 250 g/mol. The van der Waals surface area contributed by atoms with Gasteiger partial charge >= 0.3 is 0 Å². The predicted octanol–water partition coefficient (Wildman–Crippen LogP) is 2.57. The largest absolute Gasteiger partial charge is 0.329 e. The van der Waals surface area contributed by atoms with Crippen molar-refractivity contribution >= 4 is 0 Å². The third kappa shape index (κ3) is 3.53. The van der Waals surface area contributed by atoms with Crippen molar-refractivity contribution in [3.63, 3.8) is 0 Å². The van der Waals surface area contributed by atoms with Crippen LogP contribution in [0.15, 0.2) is 24.3 Å². The average molecular weight is 250 g/mol. The Kier molecular flexibility index (Phi) is 5.14. The Morgan fingerprint density at radius 3 is 2.56 bits per heavy atom. The predicted molar refractivity (Wildman–Crippen MR) is 73.0 cm³/mol. The number of halogens is 1. The summed E-state index contributed by atoms with van der Waals surface area (Å²) in [6.07, 6.45) is 5.98. The quantitative estimate of drug-likeness (QED) is 0.841. The molecule has 3 heteroatoms. The van der Waals surface area contributed by atoms with Crippen LogP contribution in [-0.4, -0.2) is 30.6 Å². The zero-order chi connectivity index (χ0) is 12.8. The maximum absolute atomic E-state index is 13.6. The van der Waals surface area contributed by atoms with Gasteiger partial charge in [-0.25, -0.2) is 4.39 Å². The van der Waals surface area contributed by atoms with Crippen molar-refractivity contribution in [1.82, 2.24) is 4.90 Å². The number of nitrogens with zero attached hydrogens (tertiary/aromatic N) is 1. The van der Waals surface area contributed by atoms with Crippen LogP contribution >= 0.6 is 0 Å². The standard InChI is InChI=1S/C15H23FN2/c16-15-8-4-1-5-13(15)9-11-18(12-10-17)14-6-2-3-7-14/h1,4-5,8,14H,2-3,6-7,9-12,17H2. The Morgan fingerprint density at radius 2 is 1.89 bits per heavy atom. The molecular weight excluding hydrogens is 227 g/mol. The first-order valence-electron chi connectivity index (χ1n) is 6.99. The SMILES string of the molecule is NCCN(CCc1ccccc1F)C1CCCC1. The normalized spacial score (nSPS) is 16.6. The first kappa shape index (κ1) is 13.5. The Balaban J connectivity index is 1.91. The van der Waals surface area contributed by atoms with E-state index in [1.54, 1.807) is 6.07 Å². The summed E-state index contributed by atoms with van der Waals surface area (Å²) in [4.78, 5) is 2.44. The molecule has 1 fully saturated rings. The number of nitrogens with two attached hydrogens (primary N) is 1. The van der Waals surface area contributed by atoms with Crippen molar-refractivity contribution < 1.29 is 4.39 Å². The highest BCUT2D eigenvalue weighted by atomic mass is 19.1.